The zero-order chi connectivity index (χ0) is 11.3. The quantitative estimate of drug-likeness (QED) is 0.475. The smallest absolute Gasteiger partial charge is 0.167 e. The molecule has 1 aromatic rings. The lowest BCUT2D eigenvalue weighted by molar-refractivity contribution is -0.0993. The maximum Gasteiger partial charge on any atom is 0.167 e. The van der Waals surface area contributed by atoms with Gasteiger partial charge in [-0.05, 0) is 34.7 Å². The van der Waals surface area contributed by atoms with Gasteiger partial charge in [0.1, 0.15) is 0 Å². The number of carbonyl (C=O) groups excluding carboxylic acids is 1. The lowest BCUT2D eigenvalue weighted by Crippen LogP contribution is -2.18. The van der Waals surface area contributed by atoms with Crippen LogP contribution >= 0.6 is 22.6 Å². The Kier molecular flexibility index (Phi) is 5.21. The van der Waals surface area contributed by atoms with Gasteiger partial charge in [0.25, 0.3) is 0 Å². The number of hydrogen-bond donors (Lipinski definition) is 0. The number of Topliss-reactive ketones (excluding diaryl/α,β-unsaturated/α-hetero) is 1. The van der Waals surface area contributed by atoms with Crippen molar-refractivity contribution in [1.82, 2.24) is 0 Å². The van der Waals surface area contributed by atoms with Gasteiger partial charge in [-0.2, -0.15) is 0 Å². The highest BCUT2D eigenvalue weighted by molar-refractivity contribution is 14.1. The fraction of sp³-hybridized carbons (Fsp3) is 0.364. The molecule has 0 fully saturated rings. The highest BCUT2D eigenvalue weighted by Crippen LogP contribution is 2.11. The monoisotopic (exact) mass is 320 g/mol. The second kappa shape index (κ2) is 6.19. The molecular weight excluding hydrogens is 307 g/mol. The van der Waals surface area contributed by atoms with Crippen molar-refractivity contribution in [2.45, 2.75) is 12.7 Å². The van der Waals surface area contributed by atoms with Crippen molar-refractivity contribution in [3.05, 3.63) is 33.4 Å². The Labute approximate surface area is 103 Å². The summed E-state index contributed by atoms with van der Waals surface area (Å²) in [5, 5.41) is 0. The minimum absolute atomic E-state index is 0.0279. The van der Waals surface area contributed by atoms with Gasteiger partial charge in [0.15, 0.2) is 12.1 Å². The molecule has 0 amide bonds. The Bertz CT molecular complexity index is 317. The van der Waals surface area contributed by atoms with Crippen LogP contribution in [0.4, 0.5) is 0 Å². The van der Waals surface area contributed by atoms with Gasteiger partial charge in [-0.25, -0.2) is 0 Å². The molecule has 0 unspecified atom stereocenters. The van der Waals surface area contributed by atoms with Crippen molar-refractivity contribution in [2.24, 2.45) is 0 Å². The summed E-state index contributed by atoms with van der Waals surface area (Å²) in [5.74, 6) is 0.0279. The number of methoxy groups -OCH3 is 2. The van der Waals surface area contributed by atoms with E-state index in [1.165, 1.54) is 14.2 Å². The number of ketones is 1. The third-order valence-electron chi connectivity index (χ3n) is 2.04. The fourth-order valence-electron chi connectivity index (χ4n) is 1.17. The van der Waals surface area contributed by atoms with Gasteiger partial charge in [0.05, 0.1) is 6.42 Å². The molecule has 0 saturated heterocycles. The Balaban J connectivity index is 2.64. The van der Waals surface area contributed by atoms with E-state index in [-0.39, 0.29) is 12.2 Å². The van der Waals surface area contributed by atoms with Crippen molar-refractivity contribution in [3.8, 4) is 0 Å². The SMILES string of the molecule is COC(CC(=O)c1ccc(I)cc1)OC. The van der Waals surface area contributed by atoms with Gasteiger partial charge in [0, 0.05) is 23.4 Å². The average molecular weight is 320 g/mol. The molecular formula is C11H13IO3. The lowest BCUT2D eigenvalue weighted by Gasteiger charge is -2.11. The van der Waals surface area contributed by atoms with E-state index in [0.717, 1.165) is 3.57 Å². The number of benzene rings is 1. The third-order valence-corrected chi connectivity index (χ3v) is 2.76. The van der Waals surface area contributed by atoms with Crippen molar-refractivity contribution in [3.63, 3.8) is 0 Å². The minimum Gasteiger partial charge on any atom is -0.355 e. The summed E-state index contributed by atoms with van der Waals surface area (Å²) >= 11 is 2.20. The molecule has 0 heterocycles. The van der Waals surface area contributed by atoms with Crippen LogP contribution < -0.4 is 0 Å². The molecule has 0 spiro atoms. The van der Waals surface area contributed by atoms with Crippen LogP contribution in [-0.2, 0) is 9.47 Å². The zero-order valence-electron chi connectivity index (χ0n) is 8.70. The molecule has 0 saturated carbocycles. The first-order chi connectivity index (χ1) is 7.17. The van der Waals surface area contributed by atoms with Gasteiger partial charge in [-0.15, -0.1) is 0 Å². The van der Waals surface area contributed by atoms with Crippen LogP contribution in [0.25, 0.3) is 0 Å². The van der Waals surface area contributed by atoms with Crippen LogP contribution in [-0.4, -0.2) is 26.3 Å². The van der Waals surface area contributed by atoms with E-state index in [1.54, 1.807) is 0 Å². The number of hydrogen-bond acceptors (Lipinski definition) is 3. The summed E-state index contributed by atoms with van der Waals surface area (Å²) in [6.07, 6.45) is -0.218. The predicted molar refractivity (Wildman–Crippen MR) is 65.9 cm³/mol. The van der Waals surface area contributed by atoms with Crippen molar-refractivity contribution in [2.75, 3.05) is 14.2 Å². The molecule has 0 aromatic heterocycles. The van der Waals surface area contributed by atoms with E-state index in [4.69, 9.17) is 9.47 Å². The summed E-state index contributed by atoms with van der Waals surface area (Å²) in [6.45, 7) is 0. The Morgan fingerprint density at radius 3 is 2.27 bits per heavy atom. The zero-order valence-corrected chi connectivity index (χ0v) is 10.9. The second-order valence-electron chi connectivity index (χ2n) is 3.04. The first-order valence-corrected chi connectivity index (χ1v) is 5.59. The van der Waals surface area contributed by atoms with E-state index in [2.05, 4.69) is 22.6 Å². The van der Waals surface area contributed by atoms with Gasteiger partial charge in [-0.1, -0.05) is 12.1 Å². The molecule has 1 aromatic carbocycles. The van der Waals surface area contributed by atoms with Crippen molar-refractivity contribution in [1.29, 1.82) is 0 Å². The third kappa shape index (κ3) is 3.89. The maximum atomic E-state index is 11.7. The molecule has 0 radical (unpaired) electrons. The van der Waals surface area contributed by atoms with Gasteiger partial charge in [0.2, 0.25) is 0 Å². The number of carbonyl (C=O) groups is 1. The van der Waals surface area contributed by atoms with E-state index >= 15 is 0 Å². The van der Waals surface area contributed by atoms with E-state index < -0.39 is 6.29 Å². The topological polar surface area (TPSA) is 35.5 Å². The van der Waals surface area contributed by atoms with Gasteiger partial charge >= 0.3 is 0 Å². The summed E-state index contributed by atoms with van der Waals surface area (Å²) < 4.78 is 11.1. The van der Waals surface area contributed by atoms with Crippen molar-refractivity contribution < 1.29 is 14.3 Å². The second-order valence-corrected chi connectivity index (χ2v) is 4.28. The molecule has 0 aliphatic rings. The molecule has 0 bridgehead atoms. The molecule has 15 heavy (non-hydrogen) atoms. The largest absolute Gasteiger partial charge is 0.355 e. The predicted octanol–water partition coefficient (Wildman–Crippen LogP) is 2.48. The van der Waals surface area contributed by atoms with Gasteiger partial charge < -0.3 is 9.47 Å². The molecule has 1 rings (SSSR count). The normalized spacial score (nSPS) is 10.7. The molecule has 0 atom stereocenters. The van der Waals surface area contributed by atoms with E-state index in [9.17, 15) is 4.79 Å². The molecule has 82 valence electrons. The van der Waals surface area contributed by atoms with Gasteiger partial charge in [-0.3, -0.25) is 4.79 Å². The minimum atomic E-state index is -0.461. The number of ether oxygens (including phenoxy) is 2. The molecule has 0 aliphatic carbocycles. The first-order valence-electron chi connectivity index (χ1n) is 4.51. The van der Waals surface area contributed by atoms with Crippen LogP contribution in [0.1, 0.15) is 16.8 Å². The highest BCUT2D eigenvalue weighted by atomic mass is 127. The standard InChI is InChI=1S/C11H13IO3/c1-14-11(15-2)7-10(13)8-3-5-9(12)6-4-8/h3-6,11H,7H2,1-2H3. The molecule has 3 nitrogen and oxygen atoms in total. The average Bonchev–Trinajstić information content (AvgIpc) is 2.26. The highest BCUT2D eigenvalue weighted by Gasteiger charge is 2.13. The Hall–Kier alpha value is -0.460. The van der Waals surface area contributed by atoms with E-state index in [1.807, 2.05) is 24.3 Å². The lowest BCUT2D eigenvalue weighted by atomic mass is 10.1. The molecule has 4 heteroatoms. The maximum absolute atomic E-state index is 11.7. The van der Waals surface area contributed by atoms with Crippen LogP contribution in [0.15, 0.2) is 24.3 Å². The Morgan fingerprint density at radius 1 is 1.27 bits per heavy atom. The Morgan fingerprint density at radius 2 is 1.80 bits per heavy atom. The van der Waals surface area contributed by atoms with Crippen LogP contribution in [0.5, 0.6) is 0 Å². The van der Waals surface area contributed by atoms with Crippen molar-refractivity contribution >= 4 is 28.4 Å². The first kappa shape index (κ1) is 12.6. The van der Waals surface area contributed by atoms with E-state index in [0.29, 0.717) is 5.56 Å². The van der Waals surface area contributed by atoms with Crippen LogP contribution in [0.3, 0.4) is 0 Å². The number of halogens is 1. The summed E-state index contributed by atoms with van der Waals surface area (Å²) in [7, 11) is 3.05. The molecule has 0 aliphatic heterocycles. The van der Waals surface area contributed by atoms with Crippen LogP contribution in [0, 0.1) is 3.57 Å². The summed E-state index contributed by atoms with van der Waals surface area (Å²) in [6, 6.07) is 7.43. The molecule has 0 N–H and O–H groups in total. The van der Waals surface area contributed by atoms with Crippen LogP contribution in [0.2, 0.25) is 0 Å². The number of rotatable bonds is 5. The fourth-order valence-corrected chi connectivity index (χ4v) is 1.53. The summed E-state index contributed by atoms with van der Waals surface area (Å²) in [4.78, 5) is 11.7. The summed E-state index contributed by atoms with van der Waals surface area (Å²) in [5.41, 5.74) is 0.689.